The molecule has 2 aliphatic heterocycles. The largest absolute Gasteiger partial charge is 0.378 e. The Morgan fingerprint density at radius 2 is 2.29 bits per heavy atom. The van der Waals surface area contributed by atoms with Crippen LogP contribution in [0, 0.1) is 12.8 Å². The molecule has 0 N–H and O–H groups in total. The van der Waals surface area contributed by atoms with Crippen molar-refractivity contribution in [2.75, 3.05) is 19.8 Å². The first-order valence-electron chi connectivity index (χ1n) is 7.97. The van der Waals surface area contributed by atoms with Crippen LogP contribution in [0.2, 0.25) is 0 Å². The molecular formula is C18H24O3. The van der Waals surface area contributed by atoms with E-state index in [9.17, 15) is 4.79 Å². The predicted octanol–water partition coefficient (Wildman–Crippen LogP) is 3.08. The van der Waals surface area contributed by atoms with E-state index in [2.05, 4.69) is 31.2 Å². The molecule has 3 heteroatoms. The van der Waals surface area contributed by atoms with Crippen LogP contribution >= 0.6 is 0 Å². The summed E-state index contributed by atoms with van der Waals surface area (Å²) < 4.78 is 11.4. The Balaban J connectivity index is 1.55. The Labute approximate surface area is 126 Å². The first-order valence-corrected chi connectivity index (χ1v) is 7.97. The maximum absolute atomic E-state index is 12.5. The van der Waals surface area contributed by atoms with Gasteiger partial charge in [0.25, 0.3) is 0 Å². The number of carbonyl (C=O) groups is 1. The van der Waals surface area contributed by atoms with Gasteiger partial charge in [0.1, 0.15) is 5.78 Å². The molecule has 1 aromatic carbocycles. The smallest absolute Gasteiger partial charge is 0.136 e. The van der Waals surface area contributed by atoms with Gasteiger partial charge in [-0.3, -0.25) is 4.79 Å². The van der Waals surface area contributed by atoms with E-state index < -0.39 is 0 Å². The van der Waals surface area contributed by atoms with E-state index in [1.54, 1.807) is 0 Å². The maximum atomic E-state index is 12.5. The molecule has 2 fully saturated rings. The lowest BCUT2D eigenvalue weighted by Gasteiger charge is -2.36. The normalized spacial score (nSPS) is 28.9. The fourth-order valence-electron chi connectivity index (χ4n) is 3.51. The van der Waals surface area contributed by atoms with Gasteiger partial charge in [0, 0.05) is 32.0 Å². The van der Waals surface area contributed by atoms with Gasteiger partial charge >= 0.3 is 0 Å². The van der Waals surface area contributed by atoms with Crippen LogP contribution in [0.4, 0.5) is 0 Å². The SMILES string of the molecule is Cc1cccc(CCC(=O)C2CCOC3(CCOC3)C2)c1. The molecule has 2 saturated heterocycles. The van der Waals surface area contributed by atoms with Crippen LogP contribution in [0.25, 0.3) is 0 Å². The van der Waals surface area contributed by atoms with Crippen molar-refractivity contribution in [1.29, 1.82) is 0 Å². The van der Waals surface area contributed by atoms with Crippen LogP contribution in [-0.4, -0.2) is 31.2 Å². The first kappa shape index (κ1) is 14.7. The van der Waals surface area contributed by atoms with Crippen LogP contribution in [0.15, 0.2) is 24.3 Å². The molecule has 0 amide bonds. The Morgan fingerprint density at radius 3 is 3.05 bits per heavy atom. The topological polar surface area (TPSA) is 35.5 Å². The molecule has 2 unspecified atom stereocenters. The monoisotopic (exact) mass is 288 g/mol. The molecule has 2 atom stereocenters. The van der Waals surface area contributed by atoms with E-state index in [-0.39, 0.29) is 11.5 Å². The number of hydrogen-bond donors (Lipinski definition) is 0. The lowest BCUT2D eigenvalue weighted by atomic mass is 9.81. The van der Waals surface area contributed by atoms with Gasteiger partial charge in [0.05, 0.1) is 12.2 Å². The fraction of sp³-hybridized carbons (Fsp3) is 0.611. The Bertz CT molecular complexity index is 503. The van der Waals surface area contributed by atoms with Gasteiger partial charge in [-0.2, -0.15) is 0 Å². The highest BCUT2D eigenvalue weighted by atomic mass is 16.6. The quantitative estimate of drug-likeness (QED) is 0.854. The molecule has 0 aliphatic carbocycles. The Hall–Kier alpha value is -1.19. The van der Waals surface area contributed by atoms with E-state index in [0.717, 1.165) is 32.3 Å². The van der Waals surface area contributed by atoms with Gasteiger partial charge in [-0.15, -0.1) is 0 Å². The van der Waals surface area contributed by atoms with E-state index in [0.29, 0.717) is 25.4 Å². The van der Waals surface area contributed by atoms with Crippen LogP contribution < -0.4 is 0 Å². The zero-order valence-corrected chi connectivity index (χ0v) is 12.8. The summed E-state index contributed by atoms with van der Waals surface area (Å²) >= 11 is 0. The van der Waals surface area contributed by atoms with E-state index >= 15 is 0 Å². The summed E-state index contributed by atoms with van der Waals surface area (Å²) in [6.07, 6.45) is 4.15. The number of aryl methyl sites for hydroxylation is 2. The minimum absolute atomic E-state index is 0.158. The zero-order chi connectivity index (χ0) is 14.7. The number of carbonyl (C=O) groups excluding carboxylic acids is 1. The number of ether oxygens (including phenoxy) is 2. The number of benzene rings is 1. The third-order valence-corrected chi connectivity index (χ3v) is 4.76. The third kappa shape index (κ3) is 3.53. The molecule has 0 aromatic heterocycles. The molecule has 2 heterocycles. The second-order valence-corrected chi connectivity index (χ2v) is 6.48. The molecule has 0 radical (unpaired) electrons. The van der Waals surface area contributed by atoms with Crippen molar-refractivity contribution in [3.05, 3.63) is 35.4 Å². The van der Waals surface area contributed by atoms with Crippen LogP contribution in [0.3, 0.4) is 0 Å². The van der Waals surface area contributed by atoms with Crippen LogP contribution in [0.5, 0.6) is 0 Å². The second kappa shape index (κ2) is 6.29. The van der Waals surface area contributed by atoms with Crippen molar-refractivity contribution in [3.8, 4) is 0 Å². The maximum Gasteiger partial charge on any atom is 0.136 e. The number of Topliss-reactive ketones (excluding diaryl/α,β-unsaturated/α-hetero) is 1. The van der Waals surface area contributed by atoms with E-state index in [1.807, 2.05) is 0 Å². The van der Waals surface area contributed by atoms with Crippen LogP contribution in [-0.2, 0) is 20.7 Å². The van der Waals surface area contributed by atoms with Crippen molar-refractivity contribution in [2.45, 2.75) is 44.6 Å². The van der Waals surface area contributed by atoms with E-state index in [1.165, 1.54) is 11.1 Å². The van der Waals surface area contributed by atoms with Gasteiger partial charge in [-0.25, -0.2) is 0 Å². The minimum atomic E-state index is -0.165. The molecule has 3 nitrogen and oxygen atoms in total. The van der Waals surface area contributed by atoms with Gasteiger partial charge in [0.15, 0.2) is 0 Å². The van der Waals surface area contributed by atoms with Gasteiger partial charge in [0.2, 0.25) is 0 Å². The lowest BCUT2D eigenvalue weighted by Crippen LogP contribution is -2.42. The van der Waals surface area contributed by atoms with Gasteiger partial charge < -0.3 is 9.47 Å². The Morgan fingerprint density at radius 1 is 1.38 bits per heavy atom. The molecule has 0 bridgehead atoms. The molecular weight excluding hydrogens is 264 g/mol. The van der Waals surface area contributed by atoms with Crippen molar-refractivity contribution in [2.24, 2.45) is 5.92 Å². The highest BCUT2D eigenvalue weighted by Crippen LogP contribution is 2.36. The summed E-state index contributed by atoms with van der Waals surface area (Å²) in [6.45, 7) is 4.22. The lowest BCUT2D eigenvalue weighted by molar-refractivity contribution is -0.137. The van der Waals surface area contributed by atoms with Crippen molar-refractivity contribution in [1.82, 2.24) is 0 Å². The number of rotatable bonds is 4. The third-order valence-electron chi connectivity index (χ3n) is 4.76. The molecule has 21 heavy (non-hydrogen) atoms. The van der Waals surface area contributed by atoms with Crippen molar-refractivity contribution in [3.63, 3.8) is 0 Å². The average molecular weight is 288 g/mol. The summed E-state index contributed by atoms with van der Waals surface area (Å²) in [5, 5.41) is 0. The number of hydrogen-bond acceptors (Lipinski definition) is 3. The molecule has 114 valence electrons. The fourth-order valence-corrected chi connectivity index (χ4v) is 3.51. The summed E-state index contributed by atoms with van der Waals surface area (Å²) in [6, 6.07) is 8.43. The molecule has 0 saturated carbocycles. The summed E-state index contributed by atoms with van der Waals surface area (Å²) in [7, 11) is 0. The minimum Gasteiger partial charge on any atom is -0.378 e. The van der Waals surface area contributed by atoms with E-state index in [4.69, 9.17) is 9.47 Å². The Kier molecular flexibility index (Phi) is 4.41. The highest BCUT2D eigenvalue weighted by molar-refractivity contribution is 5.81. The summed E-state index contributed by atoms with van der Waals surface area (Å²) in [5.41, 5.74) is 2.35. The summed E-state index contributed by atoms with van der Waals surface area (Å²) in [5.74, 6) is 0.552. The van der Waals surface area contributed by atoms with Crippen LogP contribution in [0.1, 0.15) is 36.8 Å². The van der Waals surface area contributed by atoms with Gasteiger partial charge in [-0.1, -0.05) is 29.8 Å². The zero-order valence-electron chi connectivity index (χ0n) is 12.8. The number of ketones is 1. The molecule has 3 rings (SSSR count). The van der Waals surface area contributed by atoms with Crippen molar-refractivity contribution < 1.29 is 14.3 Å². The standard InChI is InChI=1S/C18H24O3/c1-14-3-2-4-15(11-14)5-6-17(19)16-7-9-21-18(12-16)8-10-20-13-18/h2-4,11,16H,5-10,12-13H2,1H3. The first-order chi connectivity index (χ1) is 10.2. The van der Waals surface area contributed by atoms with Crippen molar-refractivity contribution >= 4 is 5.78 Å². The summed E-state index contributed by atoms with van der Waals surface area (Å²) in [4.78, 5) is 12.5. The second-order valence-electron chi connectivity index (χ2n) is 6.48. The molecule has 2 aliphatic rings. The highest BCUT2D eigenvalue weighted by Gasteiger charge is 2.42. The molecule has 1 aromatic rings. The van der Waals surface area contributed by atoms with Gasteiger partial charge in [-0.05, 0) is 31.7 Å². The average Bonchev–Trinajstić information content (AvgIpc) is 2.93. The predicted molar refractivity (Wildman–Crippen MR) is 81.4 cm³/mol. The molecule has 1 spiro atoms.